The molecular weight excluding hydrogens is 434 g/mol. The fourth-order valence-electron chi connectivity index (χ4n) is 3.60. The van der Waals surface area contributed by atoms with Gasteiger partial charge in [0, 0.05) is 10.9 Å². The van der Waals surface area contributed by atoms with Gasteiger partial charge in [0.15, 0.2) is 0 Å². The molecule has 1 amide bonds. The molecule has 1 aliphatic rings. The van der Waals surface area contributed by atoms with Gasteiger partial charge >= 0.3 is 4.94 Å². The zero-order valence-corrected chi connectivity index (χ0v) is 17.7. The Morgan fingerprint density at radius 3 is 2.45 bits per heavy atom. The van der Waals surface area contributed by atoms with Crippen LogP contribution in [-0.2, 0) is 14.8 Å². The van der Waals surface area contributed by atoms with Gasteiger partial charge in [-0.1, -0.05) is 42.2 Å². The fourth-order valence-corrected chi connectivity index (χ4v) is 5.89. The maximum atomic E-state index is 13.4. The highest BCUT2D eigenvalue weighted by Gasteiger charge is 2.36. The number of rotatable bonds is 4. The molecule has 0 spiro atoms. The summed E-state index contributed by atoms with van der Waals surface area (Å²) in [5.74, 6) is -0.806. The number of carbonyl (C=O) groups excluding carboxylic acids is 1. The van der Waals surface area contributed by atoms with Crippen molar-refractivity contribution in [3.8, 4) is 0 Å². The molecule has 6 nitrogen and oxygen atoms in total. The predicted molar refractivity (Wildman–Crippen MR) is 113 cm³/mol. The molecule has 29 heavy (non-hydrogen) atoms. The van der Waals surface area contributed by atoms with Crippen LogP contribution in [0.5, 0.6) is 0 Å². The number of hydrogen-bond acceptors (Lipinski definition) is 6. The van der Waals surface area contributed by atoms with Crippen molar-refractivity contribution >= 4 is 54.8 Å². The van der Waals surface area contributed by atoms with Crippen molar-refractivity contribution in [2.75, 3.05) is 4.31 Å². The SMILES string of the molecule is O=C(C1CCCCC1)N(c1ccc2oc(=O)sc2c1)S(=O)(=O)c1ccc(Cl)cc1. The maximum absolute atomic E-state index is 13.4. The van der Waals surface area contributed by atoms with Crippen molar-refractivity contribution in [3.05, 3.63) is 57.2 Å². The third-order valence-corrected chi connectivity index (χ3v) is 7.84. The van der Waals surface area contributed by atoms with Crippen LogP contribution in [0.15, 0.2) is 56.6 Å². The highest BCUT2D eigenvalue weighted by atomic mass is 35.5. The zero-order chi connectivity index (χ0) is 20.6. The number of anilines is 1. The second kappa shape index (κ2) is 7.93. The van der Waals surface area contributed by atoms with Crippen LogP contribution < -0.4 is 9.24 Å². The molecule has 1 heterocycles. The number of sulfonamides is 1. The van der Waals surface area contributed by atoms with Gasteiger partial charge in [-0.3, -0.25) is 4.79 Å². The lowest BCUT2D eigenvalue weighted by molar-refractivity contribution is -0.122. The van der Waals surface area contributed by atoms with Gasteiger partial charge in [-0.15, -0.1) is 0 Å². The highest BCUT2D eigenvalue weighted by Crippen LogP contribution is 2.33. The number of benzene rings is 2. The number of hydrogen-bond donors (Lipinski definition) is 0. The number of nitrogens with zero attached hydrogens (tertiary/aromatic N) is 1. The molecule has 0 unspecified atom stereocenters. The van der Waals surface area contributed by atoms with Crippen LogP contribution in [0.3, 0.4) is 0 Å². The van der Waals surface area contributed by atoms with Gasteiger partial charge in [-0.2, -0.15) is 0 Å². The number of carbonyl (C=O) groups is 1. The standard InChI is InChI=1S/C20H18ClNO5S2/c21-14-6-9-16(10-7-14)29(25,26)22(19(23)13-4-2-1-3-5-13)15-8-11-17-18(12-15)28-20(24)27-17/h6-13H,1-5H2. The summed E-state index contributed by atoms with van der Waals surface area (Å²) in [6.07, 6.45) is 4.16. The maximum Gasteiger partial charge on any atom is 0.396 e. The first-order valence-corrected chi connectivity index (χ1v) is 11.9. The van der Waals surface area contributed by atoms with Crippen LogP contribution in [0.2, 0.25) is 5.02 Å². The molecular formula is C20H18ClNO5S2. The first-order chi connectivity index (χ1) is 13.9. The summed E-state index contributed by atoms with van der Waals surface area (Å²) in [5, 5.41) is 0.402. The Kier molecular flexibility index (Phi) is 5.50. The van der Waals surface area contributed by atoms with Gasteiger partial charge in [0.25, 0.3) is 10.0 Å². The third kappa shape index (κ3) is 3.97. The van der Waals surface area contributed by atoms with E-state index >= 15 is 0 Å². The van der Waals surface area contributed by atoms with Crippen molar-refractivity contribution < 1.29 is 17.6 Å². The molecule has 9 heteroatoms. The summed E-state index contributed by atoms with van der Waals surface area (Å²) >= 11 is 6.76. The van der Waals surface area contributed by atoms with E-state index in [1.54, 1.807) is 0 Å². The second-order valence-electron chi connectivity index (χ2n) is 6.98. The van der Waals surface area contributed by atoms with E-state index < -0.39 is 20.9 Å². The predicted octanol–water partition coefficient (Wildman–Crippen LogP) is 4.81. The Morgan fingerprint density at radius 2 is 1.76 bits per heavy atom. The van der Waals surface area contributed by atoms with Crippen LogP contribution in [0.4, 0.5) is 5.69 Å². The molecule has 2 aromatic carbocycles. The third-order valence-electron chi connectivity index (χ3n) is 5.05. The summed E-state index contributed by atoms with van der Waals surface area (Å²) in [5.41, 5.74) is 0.553. The molecule has 0 N–H and O–H groups in total. The molecule has 3 aromatic rings. The van der Waals surface area contributed by atoms with Crippen LogP contribution in [0.25, 0.3) is 10.3 Å². The lowest BCUT2D eigenvalue weighted by Gasteiger charge is -2.29. The van der Waals surface area contributed by atoms with E-state index in [-0.39, 0.29) is 16.5 Å². The lowest BCUT2D eigenvalue weighted by atomic mass is 9.88. The lowest BCUT2D eigenvalue weighted by Crippen LogP contribution is -2.41. The quantitative estimate of drug-likeness (QED) is 0.568. The molecule has 1 saturated carbocycles. The first-order valence-electron chi connectivity index (χ1n) is 9.25. The van der Waals surface area contributed by atoms with E-state index in [0.29, 0.717) is 28.1 Å². The van der Waals surface area contributed by atoms with Crippen molar-refractivity contribution in [1.29, 1.82) is 0 Å². The average molecular weight is 452 g/mol. The Labute approximate surface area is 176 Å². The van der Waals surface area contributed by atoms with Gasteiger partial charge < -0.3 is 4.42 Å². The van der Waals surface area contributed by atoms with E-state index in [1.165, 1.54) is 42.5 Å². The Morgan fingerprint density at radius 1 is 1.07 bits per heavy atom. The summed E-state index contributed by atoms with van der Waals surface area (Å²) in [6, 6.07) is 10.2. The topological polar surface area (TPSA) is 84.7 Å². The fraction of sp³-hybridized carbons (Fsp3) is 0.300. The van der Waals surface area contributed by atoms with E-state index in [1.807, 2.05) is 0 Å². The molecule has 1 aliphatic carbocycles. The summed E-state index contributed by atoms with van der Waals surface area (Å²) in [6.45, 7) is 0. The van der Waals surface area contributed by atoms with Gasteiger partial charge in [0.05, 0.1) is 15.3 Å². The molecule has 0 bridgehead atoms. The molecule has 0 aliphatic heterocycles. The molecule has 0 saturated heterocycles. The number of fused-ring (bicyclic) bond motifs is 1. The monoisotopic (exact) mass is 451 g/mol. The van der Waals surface area contributed by atoms with Crippen LogP contribution in [-0.4, -0.2) is 14.3 Å². The average Bonchev–Trinajstić information content (AvgIpc) is 3.08. The summed E-state index contributed by atoms with van der Waals surface area (Å²) < 4.78 is 33.3. The van der Waals surface area contributed by atoms with Crippen molar-refractivity contribution in [2.45, 2.75) is 37.0 Å². The number of amides is 1. The van der Waals surface area contributed by atoms with Crippen LogP contribution >= 0.6 is 22.9 Å². The Bertz CT molecular complexity index is 1210. The van der Waals surface area contributed by atoms with E-state index in [0.717, 1.165) is 34.9 Å². The van der Waals surface area contributed by atoms with E-state index in [2.05, 4.69) is 0 Å². The normalized spacial score (nSPS) is 15.5. The minimum absolute atomic E-state index is 0.0217. The smallest absolute Gasteiger partial charge is 0.396 e. The van der Waals surface area contributed by atoms with Crippen LogP contribution in [0.1, 0.15) is 32.1 Å². The van der Waals surface area contributed by atoms with Gasteiger partial charge in [0.2, 0.25) is 5.91 Å². The van der Waals surface area contributed by atoms with E-state index in [4.69, 9.17) is 16.0 Å². The Balaban J connectivity index is 1.84. The second-order valence-corrected chi connectivity index (χ2v) is 10.2. The minimum atomic E-state index is -4.16. The highest BCUT2D eigenvalue weighted by molar-refractivity contribution is 7.93. The van der Waals surface area contributed by atoms with Crippen molar-refractivity contribution in [1.82, 2.24) is 0 Å². The summed E-state index contributed by atoms with van der Waals surface area (Å²) in [7, 11) is -4.16. The van der Waals surface area contributed by atoms with Gasteiger partial charge in [-0.25, -0.2) is 17.5 Å². The molecule has 4 rings (SSSR count). The minimum Gasteiger partial charge on any atom is -0.414 e. The van der Waals surface area contributed by atoms with Crippen molar-refractivity contribution in [3.63, 3.8) is 0 Å². The van der Waals surface area contributed by atoms with Crippen molar-refractivity contribution in [2.24, 2.45) is 5.92 Å². The van der Waals surface area contributed by atoms with Gasteiger partial charge in [-0.05, 0) is 55.3 Å². The summed E-state index contributed by atoms with van der Waals surface area (Å²) in [4.78, 5) is 24.4. The zero-order valence-electron chi connectivity index (χ0n) is 15.3. The molecule has 1 fully saturated rings. The largest absolute Gasteiger partial charge is 0.414 e. The van der Waals surface area contributed by atoms with E-state index in [9.17, 15) is 18.0 Å². The molecule has 0 atom stereocenters. The molecule has 152 valence electrons. The van der Waals surface area contributed by atoms with Crippen LogP contribution in [0, 0.1) is 5.92 Å². The Hall–Kier alpha value is -2.16. The number of halogens is 1. The first kappa shape index (κ1) is 20.1. The van der Waals surface area contributed by atoms with Gasteiger partial charge in [0.1, 0.15) is 5.58 Å². The molecule has 1 aromatic heterocycles. The molecule has 0 radical (unpaired) electrons.